The molecule has 1 saturated carbocycles. The number of aryl methyl sites for hydroxylation is 1. The summed E-state index contributed by atoms with van der Waals surface area (Å²) < 4.78 is 1.81. The molecule has 3 rings (SSSR count). The van der Waals surface area contributed by atoms with E-state index in [-0.39, 0.29) is 12.1 Å². The van der Waals surface area contributed by atoms with Crippen LogP contribution in [0.2, 0.25) is 0 Å². The Bertz CT molecular complexity index is 606. The van der Waals surface area contributed by atoms with Gasteiger partial charge >= 0.3 is 0 Å². The van der Waals surface area contributed by atoms with E-state index in [2.05, 4.69) is 24.2 Å². The molecule has 4 heteroatoms. The third-order valence-electron chi connectivity index (χ3n) is 4.09. The zero-order valence-corrected chi connectivity index (χ0v) is 11.8. The van der Waals surface area contributed by atoms with E-state index in [0.29, 0.717) is 5.82 Å². The number of benzene rings is 1. The first kappa shape index (κ1) is 13.2. The first-order valence-corrected chi connectivity index (χ1v) is 7.25. The normalized spacial score (nSPS) is 22.9. The Balaban J connectivity index is 1.94. The molecule has 20 heavy (non-hydrogen) atoms. The van der Waals surface area contributed by atoms with Gasteiger partial charge in [0, 0.05) is 11.6 Å². The molecular weight excluding hydrogens is 250 g/mol. The van der Waals surface area contributed by atoms with Crippen molar-refractivity contribution < 1.29 is 5.11 Å². The minimum Gasteiger partial charge on any atom is -0.391 e. The predicted octanol–water partition coefficient (Wildman–Crippen LogP) is 2.92. The number of nitrogens with two attached hydrogens (primary N) is 1. The molecule has 1 aromatic heterocycles. The number of aliphatic hydroxyl groups is 1. The molecule has 0 saturated heterocycles. The molecule has 106 valence electrons. The van der Waals surface area contributed by atoms with Crippen LogP contribution in [-0.2, 0) is 0 Å². The van der Waals surface area contributed by atoms with E-state index in [1.165, 1.54) is 5.56 Å². The number of aromatic nitrogens is 2. The number of anilines is 1. The Morgan fingerprint density at radius 2 is 2.05 bits per heavy atom. The highest BCUT2D eigenvalue weighted by Gasteiger charge is 2.27. The molecule has 3 N–H and O–H groups in total. The molecule has 0 amide bonds. The largest absolute Gasteiger partial charge is 0.391 e. The van der Waals surface area contributed by atoms with Gasteiger partial charge in [-0.15, -0.1) is 0 Å². The lowest BCUT2D eigenvalue weighted by Gasteiger charge is -2.28. The predicted molar refractivity (Wildman–Crippen MR) is 80.3 cm³/mol. The summed E-state index contributed by atoms with van der Waals surface area (Å²) >= 11 is 0. The summed E-state index contributed by atoms with van der Waals surface area (Å²) in [6, 6.07) is 10.1. The van der Waals surface area contributed by atoms with Crippen molar-refractivity contribution in [2.75, 3.05) is 5.73 Å². The van der Waals surface area contributed by atoms with Gasteiger partial charge in [0.15, 0.2) is 0 Å². The fourth-order valence-corrected chi connectivity index (χ4v) is 3.00. The molecule has 0 bridgehead atoms. The molecule has 1 heterocycles. The van der Waals surface area contributed by atoms with Crippen molar-refractivity contribution >= 4 is 5.82 Å². The van der Waals surface area contributed by atoms with E-state index >= 15 is 0 Å². The van der Waals surface area contributed by atoms with Crippen molar-refractivity contribution in [1.29, 1.82) is 0 Å². The molecule has 0 radical (unpaired) electrons. The summed E-state index contributed by atoms with van der Waals surface area (Å²) in [6.45, 7) is 2.06. The highest BCUT2D eigenvalue weighted by molar-refractivity contribution is 5.63. The van der Waals surface area contributed by atoms with E-state index < -0.39 is 0 Å². The number of aliphatic hydroxyl groups excluding tert-OH is 1. The Morgan fingerprint density at radius 3 is 2.80 bits per heavy atom. The van der Waals surface area contributed by atoms with Crippen molar-refractivity contribution in [3.63, 3.8) is 0 Å². The third kappa shape index (κ3) is 2.43. The van der Waals surface area contributed by atoms with Gasteiger partial charge in [-0.2, -0.15) is 5.10 Å². The number of hydrogen-bond acceptors (Lipinski definition) is 3. The Kier molecular flexibility index (Phi) is 3.49. The van der Waals surface area contributed by atoms with Crippen LogP contribution in [0, 0.1) is 6.92 Å². The SMILES string of the molecule is Cc1cccc(-c2cc(N)n(C3CCCCC3O)n2)c1. The number of hydrogen-bond donors (Lipinski definition) is 2. The summed E-state index contributed by atoms with van der Waals surface area (Å²) in [5.74, 6) is 0.632. The summed E-state index contributed by atoms with van der Waals surface area (Å²) in [6.07, 6.45) is 3.66. The zero-order chi connectivity index (χ0) is 14.1. The Hall–Kier alpha value is -1.81. The maximum Gasteiger partial charge on any atom is 0.122 e. The minimum atomic E-state index is -0.337. The second-order valence-electron chi connectivity index (χ2n) is 5.69. The van der Waals surface area contributed by atoms with Gasteiger partial charge in [0.2, 0.25) is 0 Å². The van der Waals surface area contributed by atoms with E-state index in [1.54, 1.807) is 0 Å². The Labute approximate surface area is 119 Å². The highest BCUT2D eigenvalue weighted by atomic mass is 16.3. The van der Waals surface area contributed by atoms with Crippen LogP contribution in [0.4, 0.5) is 5.82 Å². The number of rotatable bonds is 2. The first-order chi connectivity index (χ1) is 9.65. The smallest absolute Gasteiger partial charge is 0.122 e. The second-order valence-corrected chi connectivity index (χ2v) is 5.69. The maximum atomic E-state index is 10.2. The van der Waals surface area contributed by atoms with Crippen LogP contribution in [0.3, 0.4) is 0 Å². The average molecular weight is 271 g/mol. The van der Waals surface area contributed by atoms with Crippen LogP contribution in [0.25, 0.3) is 11.3 Å². The van der Waals surface area contributed by atoms with E-state index in [1.807, 2.05) is 22.9 Å². The van der Waals surface area contributed by atoms with Gasteiger partial charge in [0.05, 0.1) is 17.8 Å². The van der Waals surface area contributed by atoms with Crippen LogP contribution in [0.5, 0.6) is 0 Å². The van der Waals surface area contributed by atoms with Gasteiger partial charge in [-0.1, -0.05) is 36.6 Å². The standard InChI is InChI=1S/C16H21N3O/c1-11-5-4-6-12(9-11)13-10-16(17)19(18-13)14-7-2-3-8-15(14)20/h4-6,9-10,14-15,20H,2-3,7-8,17H2,1H3. The molecule has 0 aliphatic heterocycles. The molecule has 1 aliphatic carbocycles. The van der Waals surface area contributed by atoms with Crippen LogP contribution in [-0.4, -0.2) is 21.0 Å². The quantitative estimate of drug-likeness (QED) is 0.882. The maximum absolute atomic E-state index is 10.2. The van der Waals surface area contributed by atoms with E-state index in [9.17, 15) is 5.11 Å². The van der Waals surface area contributed by atoms with Crippen molar-refractivity contribution in [3.8, 4) is 11.3 Å². The lowest BCUT2D eigenvalue weighted by atomic mass is 9.93. The second kappa shape index (κ2) is 5.29. The molecule has 1 fully saturated rings. The lowest BCUT2D eigenvalue weighted by Crippen LogP contribution is -2.29. The molecule has 4 nitrogen and oxygen atoms in total. The summed E-state index contributed by atoms with van der Waals surface area (Å²) in [5.41, 5.74) is 9.25. The molecule has 0 spiro atoms. The van der Waals surface area contributed by atoms with Crippen molar-refractivity contribution in [2.45, 2.75) is 44.8 Å². The van der Waals surface area contributed by atoms with Gasteiger partial charge in [0.1, 0.15) is 5.82 Å². The third-order valence-corrected chi connectivity index (χ3v) is 4.09. The minimum absolute atomic E-state index is 0.0160. The zero-order valence-electron chi connectivity index (χ0n) is 11.8. The van der Waals surface area contributed by atoms with Gasteiger partial charge < -0.3 is 10.8 Å². The summed E-state index contributed by atoms with van der Waals surface area (Å²) in [7, 11) is 0. The van der Waals surface area contributed by atoms with Gasteiger partial charge in [-0.3, -0.25) is 0 Å². The van der Waals surface area contributed by atoms with Gasteiger partial charge in [-0.05, 0) is 25.8 Å². The van der Waals surface area contributed by atoms with Crippen LogP contribution < -0.4 is 5.73 Å². The number of nitrogens with zero attached hydrogens (tertiary/aromatic N) is 2. The van der Waals surface area contributed by atoms with Gasteiger partial charge in [0.25, 0.3) is 0 Å². The molecular formula is C16H21N3O. The van der Waals surface area contributed by atoms with Crippen molar-refractivity contribution in [1.82, 2.24) is 9.78 Å². The molecule has 2 unspecified atom stereocenters. The van der Waals surface area contributed by atoms with Crippen LogP contribution >= 0.6 is 0 Å². The average Bonchev–Trinajstić information content (AvgIpc) is 2.81. The monoisotopic (exact) mass is 271 g/mol. The Morgan fingerprint density at radius 1 is 1.25 bits per heavy atom. The molecule has 1 aromatic carbocycles. The topological polar surface area (TPSA) is 64.1 Å². The molecule has 2 aromatic rings. The molecule has 1 aliphatic rings. The fraction of sp³-hybridized carbons (Fsp3) is 0.438. The molecule has 2 atom stereocenters. The highest BCUT2D eigenvalue weighted by Crippen LogP contribution is 2.32. The van der Waals surface area contributed by atoms with Crippen LogP contribution in [0.15, 0.2) is 30.3 Å². The summed E-state index contributed by atoms with van der Waals surface area (Å²) in [5, 5.41) is 14.8. The van der Waals surface area contributed by atoms with Crippen molar-refractivity contribution in [2.24, 2.45) is 0 Å². The fourth-order valence-electron chi connectivity index (χ4n) is 3.00. The van der Waals surface area contributed by atoms with Crippen LogP contribution in [0.1, 0.15) is 37.3 Å². The lowest BCUT2D eigenvalue weighted by molar-refractivity contribution is 0.0707. The van der Waals surface area contributed by atoms with Crippen molar-refractivity contribution in [3.05, 3.63) is 35.9 Å². The summed E-state index contributed by atoms with van der Waals surface area (Å²) in [4.78, 5) is 0. The first-order valence-electron chi connectivity index (χ1n) is 7.25. The number of nitrogen functional groups attached to an aromatic ring is 1. The van der Waals surface area contributed by atoms with Gasteiger partial charge in [-0.25, -0.2) is 4.68 Å². The van der Waals surface area contributed by atoms with E-state index in [0.717, 1.165) is 36.9 Å². The van der Waals surface area contributed by atoms with E-state index in [4.69, 9.17) is 5.73 Å².